The van der Waals surface area contributed by atoms with Gasteiger partial charge in [0.15, 0.2) is 0 Å². The molecule has 0 aromatic heterocycles. The molecule has 0 saturated heterocycles. The van der Waals surface area contributed by atoms with Gasteiger partial charge >= 0.3 is 0 Å². The van der Waals surface area contributed by atoms with Crippen molar-refractivity contribution in [2.75, 3.05) is 12.0 Å². The lowest BCUT2D eigenvalue weighted by atomic mass is 10.3. The second-order valence-electron chi connectivity index (χ2n) is 1.69. The maximum absolute atomic E-state index is 10.4. The molecule has 0 fully saturated rings. The molecule has 0 bridgehead atoms. The molecule has 2 N–H and O–H groups in total. The van der Waals surface area contributed by atoms with E-state index in [1.165, 1.54) is 0 Å². The zero-order valence-corrected chi connectivity index (χ0v) is 7.67. The van der Waals surface area contributed by atoms with Gasteiger partial charge in [-0.2, -0.15) is 11.8 Å². The molecule has 0 radical (unpaired) electrons. The molecule has 0 spiro atoms. The summed E-state index contributed by atoms with van der Waals surface area (Å²) < 4.78 is -0.100. The second kappa shape index (κ2) is 5.26. The number of carbonyl (C=O) groups is 1. The van der Waals surface area contributed by atoms with Gasteiger partial charge in [0.25, 0.3) is 0 Å². The van der Waals surface area contributed by atoms with Crippen LogP contribution in [0, 0.1) is 0 Å². The average Bonchev–Trinajstić information content (AvgIpc) is 1.82. The van der Waals surface area contributed by atoms with Crippen molar-refractivity contribution >= 4 is 32.4 Å². The SMILES string of the molecule is CSCC[C@H](N)C(=O)Br. The Hall–Kier alpha value is 0.460. The van der Waals surface area contributed by atoms with Crippen LogP contribution in [-0.2, 0) is 4.79 Å². The number of nitrogens with two attached hydrogens (primary N) is 1. The van der Waals surface area contributed by atoms with Crippen molar-refractivity contribution in [2.45, 2.75) is 12.5 Å². The minimum absolute atomic E-state index is 0.100. The smallest absolute Gasteiger partial charge is 0.214 e. The van der Waals surface area contributed by atoms with Crippen molar-refractivity contribution in [3.8, 4) is 0 Å². The fraction of sp³-hybridized carbons (Fsp3) is 0.800. The first kappa shape index (κ1) is 9.46. The van der Waals surface area contributed by atoms with Gasteiger partial charge in [0, 0.05) is 0 Å². The molecule has 0 aliphatic heterocycles. The molecule has 0 aromatic carbocycles. The predicted octanol–water partition coefficient (Wildman–Crippen LogP) is 0.988. The van der Waals surface area contributed by atoms with E-state index in [-0.39, 0.29) is 10.7 Å². The van der Waals surface area contributed by atoms with Crippen LogP contribution in [0.1, 0.15) is 6.42 Å². The molecular formula is C5H10BrNOS. The maximum Gasteiger partial charge on any atom is 0.214 e. The average molecular weight is 212 g/mol. The van der Waals surface area contributed by atoms with Crippen LogP contribution in [0.3, 0.4) is 0 Å². The number of thioether (sulfide) groups is 1. The van der Waals surface area contributed by atoms with Crippen LogP contribution in [0.15, 0.2) is 0 Å². The molecule has 0 unspecified atom stereocenters. The van der Waals surface area contributed by atoms with Gasteiger partial charge in [-0.15, -0.1) is 0 Å². The van der Waals surface area contributed by atoms with Crippen LogP contribution in [0.5, 0.6) is 0 Å². The standard InChI is InChI=1S/C5H10BrNOS/c1-9-3-2-4(7)5(6)8/h4H,2-3,7H2,1H3/t4-/m0/s1. The summed E-state index contributed by atoms with van der Waals surface area (Å²) in [7, 11) is 0. The summed E-state index contributed by atoms with van der Waals surface area (Å²) in [5, 5.41) is 0. The Bertz CT molecular complexity index is 99.0. The fourth-order valence-electron chi connectivity index (χ4n) is 0.358. The van der Waals surface area contributed by atoms with Crippen LogP contribution in [0.25, 0.3) is 0 Å². The summed E-state index contributed by atoms with van der Waals surface area (Å²) in [6.07, 6.45) is 2.75. The third-order valence-corrected chi connectivity index (χ3v) is 2.16. The number of halogens is 1. The van der Waals surface area contributed by atoms with E-state index in [4.69, 9.17) is 5.73 Å². The summed E-state index contributed by atoms with van der Waals surface area (Å²) in [5.74, 6) is 0.943. The summed E-state index contributed by atoms with van der Waals surface area (Å²) in [4.78, 5) is 10.4. The Labute approximate surface area is 67.7 Å². The van der Waals surface area contributed by atoms with E-state index in [0.29, 0.717) is 0 Å². The minimum atomic E-state index is -0.322. The molecule has 2 nitrogen and oxygen atoms in total. The molecule has 54 valence electrons. The minimum Gasteiger partial charge on any atom is -0.321 e. The highest BCUT2D eigenvalue weighted by molar-refractivity contribution is 9.18. The maximum atomic E-state index is 10.4. The van der Waals surface area contributed by atoms with Gasteiger partial charge in [0.05, 0.1) is 6.04 Å². The zero-order chi connectivity index (χ0) is 7.28. The van der Waals surface area contributed by atoms with E-state index in [2.05, 4.69) is 15.9 Å². The van der Waals surface area contributed by atoms with Crippen LogP contribution in [0.4, 0.5) is 0 Å². The van der Waals surface area contributed by atoms with Gasteiger partial charge < -0.3 is 5.73 Å². The van der Waals surface area contributed by atoms with Gasteiger partial charge in [-0.1, -0.05) is 0 Å². The molecule has 1 atom stereocenters. The van der Waals surface area contributed by atoms with E-state index in [1.54, 1.807) is 11.8 Å². The number of hydrogen-bond donors (Lipinski definition) is 1. The van der Waals surface area contributed by atoms with E-state index >= 15 is 0 Å². The molecule has 0 aliphatic carbocycles. The lowest BCUT2D eigenvalue weighted by molar-refractivity contribution is -0.111. The largest absolute Gasteiger partial charge is 0.321 e. The van der Waals surface area contributed by atoms with Crippen molar-refractivity contribution in [1.82, 2.24) is 0 Å². The first-order valence-corrected chi connectivity index (χ1v) is 4.81. The van der Waals surface area contributed by atoms with Crippen LogP contribution >= 0.6 is 27.7 Å². The van der Waals surface area contributed by atoms with Crippen molar-refractivity contribution in [2.24, 2.45) is 5.73 Å². The number of hydrogen-bond acceptors (Lipinski definition) is 3. The molecular weight excluding hydrogens is 202 g/mol. The summed E-state index contributed by atoms with van der Waals surface area (Å²) in [6, 6.07) is -0.322. The zero-order valence-electron chi connectivity index (χ0n) is 5.26. The third kappa shape index (κ3) is 4.93. The van der Waals surface area contributed by atoms with Gasteiger partial charge in [0.1, 0.15) is 0 Å². The fourth-order valence-corrected chi connectivity index (χ4v) is 1.08. The molecule has 9 heavy (non-hydrogen) atoms. The third-order valence-electron chi connectivity index (χ3n) is 0.924. The van der Waals surface area contributed by atoms with Crippen molar-refractivity contribution in [3.05, 3.63) is 0 Å². The monoisotopic (exact) mass is 211 g/mol. The molecule has 0 aliphatic rings. The van der Waals surface area contributed by atoms with Crippen molar-refractivity contribution in [1.29, 1.82) is 0 Å². The van der Waals surface area contributed by atoms with Gasteiger partial charge in [-0.3, -0.25) is 4.79 Å². The molecule has 0 rings (SSSR count). The van der Waals surface area contributed by atoms with Crippen LogP contribution in [0.2, 0.25) is 0 Å². The number of rotatable bonds is 4. The quantitative estimate of drug-likeness (QED) is 0.706. The second-order valence-corrected chi connectivity index (χ2v) is 3.46. The van der Waals surface area contributed by atoms with Gasteiger partial charge in [-0.25, -0.2) is 0 Å². The first-order chi connectivity index (χ1) is 4.18. The first-order valence-electron chi connectivity index (χ1n) is 2.62. The van der Waals surface area contributed by atoms with E-state index in [9.17, 15) is 4.79 Å². The topological polar surface area (TPSA) is 43.1 Å². The Balaban J connectivity index is 3.27. The number of carbonyl (C=O) groups excluding carboxylic acids is 1. The Morgan fingerprint density at radius 3 is 2.78 bits per heavy atom. The molecule has 0 heterocycles. The van der Waals surface area contributed by atoms with Gasteiger partial charge in [-0.05, 0) is 34.4 Å². The lowest BCUT2D eigenvalue weighted by Crippen LogP contribution is -2.26. The highest BCUT2D eigenvalue weighted by Gasteiger charge is 2.07. The Kier molecular flexibility index (Phi) is 5.53. The Morgan fingerprint density at radius 2 is 2.44 bits per heavy atom. The molecule has 0 amide bonds. The highest BCUT2D eigenvalue weighted by Crippen LogP contribution is 2.01. The normalized spacial score (nSPS) is 13.2. The lowest BCUT2D eigenvalue weighted by Gasteiger charge is -2.02. The van der Waals surface area contributed by atoms with E-state index in [1.807, 2.05) is 6.26 Å². The summed E-state index contributed by atoms with van der Waals surface area (Å²) >= 11 is 4.49. The van der Waals surface area contributed by atoms with E-state index < -0.39 is 0 Å². The van der Waals surface area contributed by atoms with Crippen molar-refractivity contribution < 1.29 is 4.79 Å². The predicted molar refractivity (Wildman–Crippen MR) is 44.9 cm³/mol. The van der Waals surface area contributed by atoms with Crippen LogP contribution < -0.4 is 5.73 Å². The molecule has 0 aromatic rings. The summed E-state index contributed by atoms with van der Waals surface area (Å²) in [5.41, 5.74) is 5.39. The van der Waals surface area contributed by atoms with Crippen LogP contribution in [-0.4, -0.2) is 22.7 Å². The molecule has 0 saturated carbocycles. The Morgan fingerprint density at radius 1 is 1.89 bits per heavy atom. The highest BCUT2D eigenvalue weighted by atomic mass is 79.9. The van der Waals surface area contributed by atoms with Crippen molar-refractivity contribution in [3.63, 3.8) is 0 Å². The van der Waals surface area contributed by atoms with Gasteiger partial charge in [0.2, 0.25) is 4.69 Å². The molecule has 4 heteroatoms. The summed E-state index contributed by atoms with van der Waals surface area (Å²) in [6.45, 7) is 0. The van der Waals surface area contributed by atoms with E-state index in [0.717, 1.165) is 12.2 Å².